The number of nitrogen functional groups attached to an aromatic ring is 1. The van der Waals surface area contributed by atoms with Gasteiger partial charge in [0.1, 0.15) is 17.5 Å². The summed E-state index contributed by atoms with van der Waals surface area (Å²) in [5.74, 6) is 0.146. The van der Waals surface area contributed by atoms with Crippen molar-refractivity contribution in [3.8, 4) is 28.5 Å². The van der Waals surface area contributed by atoms with E-state index in [1.165, 1.54) is 0 Å². The van der Waals surface area contributed by atoms with Gasteiger partial charge >= 0.3 is 0 Å². The molecule has 0 aliphatic heterocycles. The molecule has 23 heavy (non-hydrogen) atoms. The van der Waals surface area contributed by atoms with Crippen molar-refractivity contribution in [3.63, 3.8) is 0 Å². The van der Waals surface area contributed by atoms with E-state index in [1.807, 2.05) is 0 Å². The molecule has 0 atom stereocenters. The summed E-state index contributed by atoms with van der Waals surface area (Å²) in [6, 6.07) is 12.6. The molecule has 0 radical (unpaired) electrons. The van der Waals surface area contributed by atoms with Gasteiger partial charge in [-0.05, 0) is 42.0 Å². The molecule has 1 aromatic carbocycles. The lowest BCUT2D eigenvalue weighted by Gasteiger charge is -2.11. The van der Waals surface area contributed by atoms with E-state index >= 15 is 0 Å². The quantitative estimate of drug-likeness (QED) is 0.741. The number of benzene rings is 1. The van der Waals surface area contributed by atoms with E-state index in [0.717, 1.165) is 5.56 Å². The Hall–Kier alpha value is -2.61. The fourth-order valence-electron chi connectivity index (χ4n) is 2.27. The molecule has 0 amide bonds. The van der Waals surface area contributed by atoms with E-state index in [4.69, 9.17) is 28.9 Å². The summed E-state index contributed by atoms with van der Waals surface area (Å²) >= 11 is 12.3. The number of hydrogen-bond acceptors (Lipinski definition) is 4. The van der Waals surface area contributed by atoms with Crippen LogP contribution in [0.15, 0.2) is 48.8 Å². The largest absolute Gasteiger partial charge is 0.383 e. The average molecular weight is 341 g/mol. The molecule has 2 N–H and O–H groups in total. The maximum atomic E-state index is 9.39. The molecule has 2 aromatic heterocycles. The second-order valence-electron chi connectivity index (χ2n) is 4.79. The predicted molar refractivity (Wildman–Crippen MR) is 92.1 cm³/mol. The topological polar surface area (TPSA) is 75.6 Å². The van der Waals surface area contributed by atoms with Gasteiger partial charge in [0.25, 0.3) is 0 Å². The van der Waals surface area contributed by atoms with Crippen molar-refractivity contribution in [2.45, 2.75) is 0 Å². The fourth-order valence-corrected chi connectivity index (χ4v) is 2.66. The highest BCUT2D eigenvalue weighted by Crippen LogP contribution is 2.34. The number of halogens is 2. The number of rotatable bonds is 2. The van der Waals surface area contributed by atoms with Crippen LogP contribution in [0.4, 0.5) is 5.82 Å². The second kappa shape index (κ2) is 6.25. The molecular formula is C17H10Cl2N4. The van der Waals surface area contributed by atoms with Gasteiger partial charge in [0.2, 0.25) is 0 Å². The first-order valence-corrected chi connectivity index (χ1v) is 7.42. The number of anilines is 1. The first-order chi connectivity index (χ1) is 11.1. The highest BCUT2D eigenvalue weighted by atomic mass is 35.5. The molecule has 0 saturated carbocycles. The number of aromatic nitrogens is 2. The van der Waals surface area contributed by atoms with Crippen LogP contribution in [0.2, 0.25) is 10.0 Å². The van der Waals surface area contributed by atoms with E-state index in [9.17, 15) is 5.26 Å². The van der Waals surface area contributed by atoms with Gasteiger partial charge in [0.15, 0.2) is 0 Å². The highest BCUT2D eigenvalue weighted by Gasteiger charge is 2.15. The van der Waals surface area contributed by atoms with Crippen molar-refractivity contribution in [2.24, 2.45) is 0 Å². The van der Waals surface area contributed by atoms with Crippen LogP contribution in [0, 0.1) is 11.3 Å². The Kier molecular flexibility index (Phi) is 4.16. The van der Waals surface area contributed by atoms with Crippen molar-refractivity contribution in [1.29, 1.82) is 5.26 Å². The maximum absolute atomic E-state index is 9.39. The first-order valence-electron chi connectivity index (χ1n) is 6.66. The molecule has 112 valence electrons. The van der Waals surface area contributed by atoms with Crippen LogP contribution < -0.4 is 5.73 Å². The lowest BCUT2D eigenvalue weighted by atomic mass is 9.99. The number of hydrogen-bond donors (Lipinski definition) is 1. The molecule has 0 unspecified atom stereocenters. The van der Waals surface area contributed by atoms with Gasteiger partial charge in [-0.1, -0.05) is 23.2 Å². The Morgan fingerprint density at radius 1 is 1.00 bits per heavy atom. The minimum atomic E-state index is 0.146. The number of nitrogens with two attached hydrogens (primary N) is 1. The number of nitrogens with zero attached hydrogens (tertiary/aromatic N) is 3. The summed E-state index contributed by atoms with van der Waals surface area (Å²) in [6.07, 6.45) is 3.30. The van der Waals surface area contributed by atoms with Crippen LogP contribution >= 0.6 is 23.2 Å². The Labute approximate surface area is 143 Å². The van der Waals surface area contributed by atoms with Crippen LogP contribution in [-0.2, 0) is 0 Å². The summed E-state index contributed by atoms with van der Waals surface area (Å²) in [5, 5.41) is 10.4. The molecule has 2 heterocycles. The van der Waals surface area contributed by atoms with Crippen LogP contribution in [-0.4, -0.2) is 9.97 Å². The first kappa shape index (κ1) is 15.3. The van der Waals surface area contributed by atoms with Gasteiger partial charge in [-0.25, -0.2) is 4.98 Å². The molecule has 0 saturated heterocycles. The fraction of sp³-hybridized carbons (Fsp3) is 0. The molecule has 0 fully saturated rings. The van der Waals surface area contributed by atoms with Gasteiger partial charge in [-0.15, -0.1) is 0 Å². The maximum Gasteiger partial charge on any atom is 0.142 e. The van der Waals surface area contributed by atoms with Crippen molar-refractivity contribution in [2.75, 3.05) is 5.73 Å². The summed E-state index contributed by atoms with van der Waals surface area (Å²) < 4.78 is 0. The number of nitriles is 1. The zero-order valence-electron chi connectivity index (χ0n) is 11.8. The molecule has 0 spiro atoms. The molecular weight excluding hydrogens is 331 g/mol. The van der Waals surface area contributed by atoms with E-state index < -0.39 is 0 Å². The monoisotopic (exact) mass is 340 g/mol. The lowest BCUT2D eigenvalue weighted by molar-refractivity contribution is 1.29. The third kappa shape index (κ3) is 2.98. The van der Waals surface area contributed by atoms with Crippen LogP contribution in [0.5, 0.6) is 0 Å². The molecule has 0 aliphatic carbocycles. The zero-order valence-corrected chi connectivity index (χ0v) is 13.3. The molecule has 3 aromatic rings. The van der Waals surface area contributed by atoms with Crippen molar-refractivity contribution < 1.29 is 0 Å². The molecule has 0 bridgehead atoms. The minimum Gasteiger partial charge on any atom is -0.383 e. The molecule has 6 heteroatoms. The highest BCUT2D eigenvalue weighted by molar-refractivity contribution is 6.35. The Balaban J connectivity index is 2.27. The van der Waals surface area contributed by atoms with E-state index in [1.54, 1.807) is 48.8 Å². The summed E-state index contributed by atoms with van der Waals surface area (Å²) in [4.78, 5) is 8.29. The minimum absolute atomic E-state index is 0.146. The third-order valence-electron chi connectivity index (χ3n) is 3.35. The van der Waals surface area contributed by atoms with Gasteiger partial charge in [-0.2, -0.15) is 5.26 Å². The SMILES string of the molecule is N#Cc1c(-c2ccncc2)cc(-c2cc(Cl)ccc2Cl)nc1N. The summed E-state index contributed by atoms with van der Waals surface area (Å²) in [6.45, 7) is 0. The van der Waals surface area contributed by atoms with Crippen LogP contribution in [0.1, 0.15) is 5.56 Å². The summed E-state index contributed by atoms with van der Waals surface area (Å²) in [5.41, 5.74) is 9.00. The molecule has 0 aliphatic rings. The second-order valence-corrected chi connectivity index (χ2v) is 5.63. The Bertz CT molecular complexity index is 918. The Morgan fingerprint density at radius 2 is 1.74 bits per heavy atom. The van der Waals surface area contributed by atoms with Gasteiger partial charge in [0, 0.05) is 28.5 Å². The van der Waals surface area contributed by atoms with Crippen molar-refractivity contribution >= 4 is 29.0 Å². The summed E-state index contributed by atoms with van der Waals surface area (Å²) in [7, 11) is 0. The van der Waals surface area contributed by atoms with E-state index in [2.05, 4.69) is 16.0 Å². The number of pyridine rings is 2. The van der Waals surface area contributed by atoms with Gasteiger partial charge in [0.05, 0.1) is 10.7 Å². The van der Waals surface area contributed by atoms with Crippen molar-refractivity contribution in [1.82, 2.24) is 9.97 Å². The third-order valence-corrected chi connectivity index (χ3v) is 3.92. The normalized spacial score (nSPS) is 10.3. The van der Waals surface area contributed by atoms with Crippen LogP contribution in [0.3, 0.4) is 0 Å². The van der Waals surface area contributed by atoms with Crippen molar-refractivity contribution in [3.05, 3.63) is 64.4 Å². The smallest absolute Gasteiger partial charge is 0.142 e. The predicted octanol–water partition coefficient (Wildman–Crippen LogP) is 4.57. The van der Waals surface area contributed by atoms with Gasteiger partial charge < -0.3 is 5.73 Å². The van der Waals surface area contributed by atoms with E-state index in [-0.39, 0.29) is 5.82 Å². The zero-order chi connectivity index (χ0) is 16.4. The van der Waals surface area contributed by atoms with Crippen LogP contribution in [0.25, 0.3) is 22.4 Å². The standard InChI is InChI=1S/C17H10Cl2N4/c18-11-1-2-15(19)13(7-11)16-8-12(10-3-5-22-6-4-10)14(9-20)17(21)23-16/h1-8H,(H2,21,23). The van der Waals surface area contributed by atoms with E-state index in [0.29, 0.717) is 32.4 Å². The average Bonchev–Trinajstić information content (AvgIpc) is 2.57. The van der Waals surface area contributed by atoms with Gasteiger partial charge in [-0.3, -0.25) is 4.98 Å². The lowest BCUT2D eigenvalue weighted by Crippen LogP contribution is -2.00. The Morgan fingerprint density at radius 3 is 2.43 bits per heavy atom. The molecule has 4 nitrogen and oxygen atoms in total. The molecule has 3 rings (SSSR count).